The molecule has 4 rings (SSSR count). The fourth-order valence-electron chi connectivity index (χ4n) is 3.26. The number of nitrogens with zero attached hydrogens (tertiary/aromatic N) is 5. The molecule has 1 fully saturated rings. The number of benzene rings is 1. The summed E-state index contributed by atoms with van der Waals surface area (Å²) in [6, 6.07) is 5.16. The van der Waals surface area contributed by atoms with Crippen LogP contribution in [0, 0.1) is 12.7 Å². The number of hydrogen-bond acceptors (Lipinski definition) is 7. The van der Waals surface area contributed by atoms with Crippen molar-refractivity contribution in [3.8, 4) is 11.6 Å². The van der Waals surface area contributed by atoms with Gasteiger partial charge >= 0.3 is 6.01 Å². The molecule has 158 valence electrons. The standard InChI is InChI=1S/C18H19FN6O4S/c1-11-10-14(23-24(11)2)17-21-22-18(29-17)20-16(26)15-4-3-9-25(15)30(27,28)13-7-5-12(19)6-8-13/h5-8,10,15H,3-4,9H2,1-2H3,(H,20,22,26)/t15-/m1/s1. The Morgan fingerprint density at radius 3 is 2.67 bits per heavy atom. The largest absolute Gasteiger partial charge is 0.401 e. The van der Waals surface area contributed by atoms with Gasteiger partial charge < -0.3 is 4.42 Å². The molecule has 0 unspecified atom stereocenters. The Morgan fingerprint density at radius 1 is 1.27 bits per heavy atom. The number of amides is 1. The van der Waals surface area contributed by atoms with E-state index in [0.29, 0.717) is 18.5 Å². The van der Waals surface area contributed by atoms with Crippen molar-refractivity contribution < 1.29 is 22.0 Å². The van der Waals surface area contributed by atoms with E-state index in [1.165, 1.54) is 12.1 Å². The molecule has 1 aliphatic rings. The third kappa shape index (κ3) is 3.71. The molecule has 12 heteroatoms. The lowest BCUT2D eigenvalue weighted by molar-refractivity contribution is -0.119. The van der Waals surface area contributed by atoms with Gasteiger partial charge in [-0.25, -0.2) is 12.8 Å². The Balaban J connectivity index is 1.51. The lowest BCUT2D eigenvalue weighted by Gasteiger charge is -2.22. The number of carbonyl (C=O) groups excluding carboxylic acids is 1. The van der Waals surface area contributed by atoms with Crippen LogP contribution in [0.1, 0.15) is 18.5 Å². The van der Waals surface area contributed by atoms with Gasteiger partial charge in [0.15, 0.2) is 0 Å². The van der Waals surface area contributed by atoms with Crippen molar-refractivity contribution in [2.75, 3.05) is 11.9 Å². The molecule has 0 radical (unpaired) electrons. The van der Waals surface area contributed by atoms with Crippen molar-refractivity contribution in [3.05, 3.63) is 41.8 Å². The number of carbonyl (C=O) groups is 1. The minimum Gasteiger partial charge on any atom is -0.401 e. The van der Waals surface area contributed by atoms with Gasteiger partial charge in [0, 0.05) is 19.3 Å². The molecule has 0 bridgehead atoms. The zero-order valence-corrected chi connectivity index (χ0v) is 17.1. The first-order valence-electron chi connectivity index (χ1n) is 9.18. The van der Waals surface area contributed by atoms with Crippen molar-refractivity contribution in [1.82, 2.24) is 24.3 Å². The Bertz CT molecular complexity index is 1170. The van der Waals surface area contributed by atoms with Gasteiger partial charge in [-0.1, -0.05) is 5.10 Å². The Labute approximate surface area is 171 Å². The second kappa shape index (κ2) is 7.61. The minimum absolute atomic E-state index is 0.0748. The Morgan fingerprint density at radius 2 is 2.00 bits per heavy atom. The molecule has 3 aromatic rings. The van der Waals surface area contributed by atoms with Crippen LogP contribution < -0.4 is 5.32 Å². The molecular formula is C18H19FN6O4S. The fourth-order valence-corrected chi connectivity index (χ4v) is 4.92. The summed E-state index contributed by atoms with van der Waals surface area (Å²) in [5, 5.41) is 14.4. The van der Waals surface area contributed by atoms with Crippen LogP contribution in [0.5, 0.6) is 0 Å². The number of sulfonamides is 1. The number of aryl methyl sites for hydroxylation is 2. The topological polar surface area (TPSA) is 123 Å². The van der Waals surface area contributed by atoms with E-state index in [4.69, 9.17) is 4.42 Å². The zero-order chi connectivity index (χ0) is 21.5. The van der Waals surface area contributed by atoms with Crippen LogP contribution in [0.3, 0.4) is 0 Å². The van der Waals surface area contributed by atoms with E-state index < -0.39 is 27.8 Å². The normalized spacial score (nSPS) is 17.4. The van der Waals surface area contributed by atoms with Crippen LogP contribution in [0.2, 0.25) is 0 Å². The summed E-state index contributed by atoms with van der Waals surface area (Å²) >= 11 is 0. The third-order valence-corrected chi connectivity index (χ3v) is 6.84. The maximum atomic E-state index is 13.1. The monoisotopic (exact) mass is 434 g/mol. The molecule has 1 amide bonds. The average molecular weight is 434 g/mol. The molecule has 0 aliphatic carbocycles. The summed E-state index contributed by atoms with van der Waals surface area (Å²) in [5.41, 5.74) is 1.35. The molecule has 1 N–H and O–H groups in total. The number of anilines is 1. The van der Waals surface area contributed by atoms with Gasteiger partial charge in [0.25, 0.3) is 5.89 Å². The van der Waals surface area contributed by atoms with E-state index in [9.17, 15) is 17.6 Å². The maximum Gasteiger partial charge on any atom is 0.322 e. The van der Waals surface area contributed by atoms with Gasteiger partial charge in [0.05, 0.1) is 4.90 Å². The zero-order valence-electron chi connectivity index (χ0n) is 16.2. The minimum atomic E-state index is -3.96. The van der Waals surface area contributed by atoms with Crippen molar-refractivity contribution in [3.63, 3.8) is 0 Å². The molecule has 1 saturated heterocycles. The first-order valence-corrected chi connectivity index (χ1v) is 10.6. The number of rotatable bonds is 5. The van der Waals surface area contributed by atoms with E-state index in [2.05, 4.69) is 20.6 Å². The van der Waals surface area contributed by atoms with Gasteiger partial charge in [0.1, 0.15) is 17.6 Å². The third-order valence-electron chi connectivity index (χ3n) is 4.91. The molecule has 0 saturated carbocycles. The maximum absolute atomic E-state index is 13.1. The molecule has 1 aromatic carbocycles. The number of aromatic nitrogens is 4. The van der Waals surface area contributed by atoms with Crippen molar-refractivity contribution in [2.45, 2.75) is 30.7 Å². The number of halogens is 1. The smallest absolute Gasteiger partial charge is 0.322 e. The highest BCUT2D eigenvalue weighted by Gasteiger charge is 2.40. The van der Waals surface area contributed by atoms with Crippen molar-refractivity contribution >= 4 is 21.9 Å². The highest BCUT2D eigenvalue weighted by Crippen LogP contribution is 2.27. The Kier molecular flexibility index (Phi) is 5.12. The summed E-state index contributed by atoms with van der Waals surface area (Å²) in [6.07, 6.45) is 0.855. The molecular weight excluding hydrogens is 415 g/mol. The number of hydrogen-bond donors (Lipinski definition) is 1. The average Bonchev–Trinajstić information content (AvgIpc) is 3.43. The molecule has 1 aliphatic heterocycles. The van der Waals surface area contributed by atoms with Crippen LogP contribution in [-0.4, -0.2) is 51.2 Å². The van der Waals surface area contributed by atoms with Gasteiger partial charge in [-0.3, -0.25) is 14.8 Å². The quantitative estimate of drug-likeness (QED) is 0.648. The van der Waals surface area contributed by atoms with Crippen molar-refractivity contribution in [1.29, 1.82) is 0 Å². The van der Waals surface area contributed by atoms with E-state index in [1.807, 2.05) is 6.92 Å². The van der Waals surface area contributed by atoms with Crippen LogP contribution in [0.25, 0.3) is 11.6 Å². The van der Waals surface area contributed by atoms with Crippen LogP contribution in [-0.2, 0) is 21.9 Å². The van der Waals surface area contributed by atoms with E-state index in [0.717, 1.165) is 22.1 Å². The van der Waals surface area contributed by atoms with Gasteiger partial charge in [-0.15, -0.1) is 5.10 Å². The number of nitrogens with one attached hydrogen (secondary N) is 1. The molecule has 30 heavy (non-hydrogen) atoms. The summed E-state index contributed by atoms with van der Waals surface area (Å²) < 4.78 is 47.1. The second-order valence-electron chi connectivity index (χ2n) is 6.92. The molecule has 1 atom stereocenters. The highest BCUT2D eigenvalue weighted by molar-refractivity contribution is 7.89. The van der Waals surface area contributed by atoms with Gasteiger partial charge in [0.2, 0.25) is 15.9 Å². The molecule has 10 nitrogen and oxygen atoms in total. The lowest BCUT2D eigenvalue weighted by Crippen LogP contribution is -2.43. The van der Waals surface area contributed by atoms with Crippen LogP contribution in [0.4, 0.5) is 10.4 Å². The second-order valence-corrected chi connectivity index (χ2v) is 8.81. The lowest BCUT2D eigenvalue weighted by atomic mass is 10.2. The predicted molar refractivity (Wildman–Crippen MR) is 103 cm³/mol. The predicted octanol–water partition coefficient (Wildman–Crippen LogP) is 1.71. The summed E-state index contributed by atoms with van der Waals surface area (Å²) in [5.74, 6) is -0.984. The molecule has 2 aromatic heterocycles. The van der Waals surface area contributed by atoms with E-state index in [1.54, 1.807) is 17.8 Å². The summed E-state index contributed by atoms with van der Waals surface area (Å²) in [7, 11) is -2.18. The first-order chi connectivity index (χ1) is 14.3. The fraction of sp³-hybridized carbons (Fsp3) is 0.333. The molecule has 0 spiro atoms. The van der Waals surface area contributed by atoms with Gasteiger partial charge in [-0.2, -0.15) is 9.40 Å². The summed E-state index contributed by atoms with van der Waals surface area (Å²) in [6.45, 7) is 2.05. The highest BCUT2D eigenvalue weighted by atomic mass is 32.2. The first kappa shape index (κ1) is 20.2. The van der Waals surface area contributed by atoms with E-state index >= 15 is 0 Å². The van der Waals surface area contributed by atoms with Gasteiger partial charge in [-0.05, 0) is 50.1 Å². The Hall–Kier alpha value is -3.12. The SMILES string of the molecule is Cc1cc(-c2nnc(NC(=O)[C@H]3CCCN3S(=O)(=O)c3ccc(F)cc3)o2)nn1C. The van der Waals surface area contributed by atoms with Crippen LogP contribution >= 0.6 is 0 Å². The van der Waals surface area contributed by atoms with E-state index in [-0.39, 0.29) is 23.3 Å². The van der Waals surface area contributed by atoms with Crippen LogP contribution in [0.15, 0.2) is 39.6 Å². The molecule has 3 heterocycles. The summed E-state index contributed by atoms with van der Waals surface area (Å²) in [4.78, 5) is 12.7. The van der Waals surface area contributed by atoms with Crippen molar-refractivity contribution in [2.24, 2.45) is 7.05 Å².